The van der Waals surface area contributed by atoms with Crippen LogP contribution in [0.25, 0.3) is 0 Å². The summed E-state index contributed by atoms with van der Waals surface area (Å²) in [4.78, 5) is 0. The summed E-state index contributed by atoms with van der Waals surface area (Å²) in [5.74, 6) is 0. The van der Waals surface area contributed by atoms with E-state index in [1.807, 2.05) is 74.5 Å². The molecule has 0 nitrogen and oxygen atoms in total. The summed E-state index contributed by atoms with van der Waals surface area (Å²) in [6.45, 7) is 36.9. The lowest BCUT2D eigenvalue weighted by atomic mass is 9.90. The summed E-state index contributed by atoms with van der Waals surface area (Å²) >= 11 is 0. The van der Waals surface area contributed by atoms with Crippen LogP contribution in [0.15, 0.2) is 106 Å². The maximum absolute atomic E-state index is 4.12. The molecule has 0 spiro atoms. The fraction of sp³-hybridized carbons (Fsp3) is 0.486. The molecule has 0 heterocycles. The normalized spacial score (nSPS) is 13.9. The summed E-state index contributed by atoms with van der Waals surface area (Å²) in [6.07, 6.45) is 20.7. The molecule has 0 radical (unpaired) electrons. The van der Waals surface area contributed by atoms with Gasteiger partial charge in [-0.2, -0.15) is 0 Å². The fourth-order valence-corrected chi connectivity index (χ4v) is 2.62. The minimum Gasteiger partial charge on any atom is -0.0961 e. The van der Waals surface area contributed by atoms with E-state index < -0.39 is 0 Å². The van der Waals surface area contributed by atoms with Crippen LogP contribution in [0.3, 0.4) is 0 Å². The number of rotatable bonds is 8. The molecule has 0 bridgehead atoms. The Hall–Kier alpha value is -2.34. The maximum atomic E-state index is 4.12. The molecule has 0 N–H and O–H groups in total. The quantitative estimate of drug-likeness (QED) is 0.303. The number of allylic oxidation sites excluding steroid dienone is 16. The first-order valence-corrected chi connectivity index (χ1v) is 13.9. The first-order chi connectivity index (χ1) is 16.7. The third-order valence-corrected chi connectivity index (χ3v) is 5.00. The molecule has 1 aliphatic rings. The lowest BCUT2D eigenvalue weighted by molar-refractivity contribution is 0.918. The lowest BCUT2D eigenvalue weighted by Gasteiger charge is -2.16. The van der Waals surface area contributed by atoms with Crippen molar-refractivity contribution in [3.05, 3.63) is 106 Å². The molecule has 0 saturated carbocycles. The molecule has 35 heavy (non-hydrogen) atoms. The highest BCUT2D eigenvalue weighted by Crippen LogP contribution is 2.28. The van der Waals surface area contributed by atoms with Gasteiger partial charge in [-0.25, -0.2) is 0 Å². The Morgan fingerprint density at radius 3 is 1.40 bits per heavy atom. The van der Waals surface area contributed by atoms with E-state index in [1.165, 1.54) is 33.4 Å². The van der Waals surface area contributed by atoms with E-state index in [9.17, 15) is 0 Å². The van der Waals surface area contributed by atoms with Gasteiger partial charge in [0.15, 0.2) is 0 Å². The molecule has 0 aromatic carbocycles. The largest absolute Gasteiger partial charge is 0.0961 e. The van der Waals surface area contributed by atoms with Gasteiger partial charge < -0.3 is 0 Å². The van der Waals surface area contributed by atoms with Crippen LogP contribution in [0, 0.1) is 0 Å². The van der Waals surface area contributed by atoms with E-state index in [-0.39, 0.29) is 0 Å². The van der Waals surface area contributed by atoms with Crippen molar-refractivity contribution in [1.82, 2.24) is 0 Å². The average molecular weight is 481 g/mol. The zero-order valence-electron chi connectivity index (χ0n) is 26.2. The molecule has 200 valence electrons. The van der Waals surface area contributed by atoms with Gasteiger partial charge in [-0.05, 0) is 87.3 Å². The first-order valence-electron chi connectivity index (χ1n) is 13.9. The molecule has 0 fully saturated rings. The molecule has 0 aromatic rings. The van der Waals surface area contributed by atoms with E-state index in [0.29, 0.717) is 0 Å². The predicted molar refractivity (Wildman–Crippen MR) is 169 cm³/mol. The van der Waals surface area contributed by atoms with Gasteiger partial charge >= 0.3 is 0 Å². The molecule has 0 heteroatoms. The monoisotopic (exact) mass is 480 g/mol. The van der Waals surface area contributed by atoms with Crippen LogP contribution in [-0.4, -0.2) is 0 Å². The zero-order chi connectivity index (χ0) is 28.4. The van der Waals surface area contributed by atoms with E-state index >= 15 is 0 Å². The van der Waals surface area contributed by atoms with Gasteiger partial charge in [-0.1, -0.05) is 135 Å². The molecule has 0 amide bonds. The van der Waals surface area contributed by atoms with E-state index in [4.69, 9.17) is 0 Å². The molecular formula is C35H60. The summed E-state index contributed by atoms with van der Waals surface area (Å²) < 4.78 is 0. The molecular weight excluding hydrogens is 420 g/mol. The lowest BCUT2D eigenvalue weighted by Crippen LogP contribution is -1.96. The third kappa shape index (κ3) is 20.7. The summed E-state index contributed by atoms with van der Waals surface area (Å²) in [5.41, 5.74) is 10.2. The average Bonchev–Trinajstić information content (AvgIpc) is 2.92. The van der Waals surface area contributed by atoms with Crippen molar-refractivity contribution in [2.24, 2.45) is 0 Å². The highest BCUT2D eigenvalue weighted by Gasteiger charge is 2.08. The molecule has 0 aromatic heterocycles. The van der Waals surface area contributed by atoms with Crippen molar-refractivity contribution in [2.75, 3.05) is 0 Å². The van der Waals surface area contributed by atoms with Crippen LogP contribution in [0.5, 0.6) is 0 Å². The molecule has 0 aliphatic heterocycles. The Morgan fingerprint density at radius 1 is 0.657 bits per heavy atom. The van der Waals surface area contributed by atoms with E-state index in [2.05, 4.69) is 84.2 Å². The zero-order valence-corrected chi connectivity index (χ0v) is 26.2. The van der Waals surface area contributed by atoms with Crippen molar-refractivity contribution < 1.29 is 0 Å². The van der Waals surface area contributed by atoms with Crippen LogP contribution in [0.2, 0.25) is 0 Å². The van der Waals surface area contributed by atoms with Gasteiger partial charge in [0, 0.05) is 0 Å². The van der Waals surface area contributed by atoms with Gasteiger partial charge in [0.25, 0.3) is 0 Å². The Morgan fingerprint density at radius 2 is 1.06 bits per heavy atom. The number of hydrogen-bond acceptors (Lipinski definition) is 0. The number of hydrogen-bond donors (Lipinski definition) is 0. The van der Waals surface area contributed by atoms with Crippen molar-refractivity contribution >= 4 is 0 Å². The summed E-state index contributed by atoms with van der Waals surface area (Å²) in [6, 6.07) is 0. The minimum atomic E-state index is 1.03. The second kappa shape index (κ2) is 27.9. The van der Waals surface area contributed by atoms with Crippen molar-refractivity contribution in [3.63, 3.8) is 0 Å². The second-order valence-corrected chi connectivity index (χ2v) is 7.50. The summed E-state index contributed by atoms with van der Waals surface area (Å²) in [7, 11) is 0. The van der Waals surface area contributed by atoms with Crippen LogP contribution in [0.1, 0.15) is 116 Å². The maximum Gasteiger partial charge on any atom is -0.0236 e. The van der Waals surface area contributed by atoms with Crippen molar-refractivity contribution in [2.45, 2.75) is 116 Å². The second-order valence-electron chi connectivity index (χ2n) is 7.50. The molecule has 0 saturated heterocycles. The van der Waals surface area contributed by atoms with Crippen molar-refractivity contribution in [3.8, 4) is 0 Å². The van der Waals surface area contributed by atoms with Crippen LogP contribution >= 0.6 is 0 Å². The van der Waals surface area contributed by atoms with Crippen LogP contribution in [0.4, 0.5) is 0 Å². The van der Waals surface area contributed by atoms with E-state index in [0.717, 1.165) is 30.4 Å². The Balaban J connectivity index is -0.000000542. The van der Waals surface area contributed by atoms with Crippen LogP contribution in [-0.2, 0) is 0 Å². The SMILES string of the molecule is C=C(C)/C=C\C(=C)/C(C)=C/C=C(\C)C1=CC=C(/C(C)=C/C=C(/C)CC)CC1.CC.CC.CC.CC. The standard InChI is InChI=1S/C27H36.4C2H6/c1-9-21(4)11-13-24(7)26-16-18-27(19-17-26)25(8)15-14-23(6)22(5)12-10-20(2)3;4*1-2/h10-16,18H,2,5,9,17,19H2,1,3-4,6-8H3;4*1-2H3/b12-10-,21-11-,23-14+,24-13+,25-15+;;;;. The Labute approximate surface area is 222 Å². The molecule has 1 aliphatic carbocycles. The molecule has 0 atom stereocenters. The Bertz CT molecular complexity index is 780. The highest BCUT2D eigenvalue weighted by molar-refractivity contribution is 5.46. The van der Waals surface area contributed by atoms with Crippen LogP contribution < -0.4 is 0 Å². The topological polar surface area (TPSA) is 0 Å². The Kier molecular flexibility index (Phi) is 31.8. The smallest absolute Gasteiger partial charge is 0.0236 e. The van der Waals surface area contributed by atoms with Gasteiger partial charge in [-0.3, -0.25) is 0 Å². The van der Waals surface area contributed by atoms with Crippen molar-refractivity contribution in [1.29, 1.82) is 0 Å². The predicted octanol–water partition coefficient (Wildman–Crippen LogP) is 12.6. The van der Waals surface area contributed by atoms with Gasteiger partial charge in [0.05, 0.1) is 0 Å². The van der Waals surface area contributed by atoms with Gasteiger partial charge in [0.1, 0.15) is 0 Å². The molecule has 1 rings (SSSR count). The minimum absolute atomic E-state index is 1.03. The highest BCUT2D eigenvalue weighted by atomic mass is 14.1. The summed E-state index contributed by atoms with van der Waals surface area (Å²) in [5, 5.41) is 0. The molecule has 0 unspecified atom stereocenters. The van der Waals surface area contributed by atoms with Gasteiger partial charge in [-0.15, -0.1) is 0 Å². The first kappa shape index (κ1) is 39.9. The third-order valence-electron chi connectivity index (χ3n) is 5.00. The van der Waals surface area contributed by atoms with Gasteiger partial charge in [0.2, 0.25) is 0 Å². The van der Waals surface area contributed by atoms with E-state index in [1.54, 1.807) is 0 Å². The fourth-order valence-electron chi connectivity index (χ4n) is 2.62.